The lowest BCUT2D eigenvalue weighted by Gasteiger charge is -2.03. The van der Waals surface area contributed by atoms with Crippen molar-refractivity contribution < 1.29 is 0 Å². The van der Waals surface area contributed by atoms with E-state index in [2.05, 4.69) is 69.4 Å². The number of nitrogens with zero attached hydrogens (tertiary/aromatic N) is 2. The van der Waals surface area contributed by atoms with Crippen molar-refractivity contribution in [1.82, 2.24) is 20.2 Å². The van der Waals surface area contributed by atoms with Crippen LogP contribution < -0.4 is 16.3 Å². The Kier molecular flexibility index (Phi) is 8.81. The molecule has 0 saturated heterocycles. The molecule has 0 aliphatic heterocycles. The van der Waals surface area contributed by atoms with E-state index in [1.54, 1.807) is 23.7 Å². The molecule has 0 unspecified atom stereocenters. The van der Waals surface area contributed by atoms with Crippen LogP contribution in [0.15, 0.2) is 66.8 Å². The Morgan fingerprint density at radius 3 is 2.63 bits per heavy atom. The molecule has 0 aromatic carbocycles. The predicted octanol–water partition coefficient (Wildman–Crippen LogP) is 6.08. The number of nitrogens with one attached hydrogen (secondary N) is 2. The van der Waals surface area contributed by atoms with Crippen LogP contribution in [0, 0.1) is 6.92 Å². The number of anilines is 1. The summed E-state index contributed by atoms with van der Waals surface area (Å²) in [6.45, 7) is 14.3. The Hall–Kier alpha value is -3.90. The number of rotatable bonds is 6. The van der Waals surface area contributed by atoms with Crippen LogP contribution in [0.4, 0.5) is 5.69 Å². The first kappa shape index (κ1) is 25.7. The van der Waals surface area contributed by atoms with Gasteiger partial charge in [0.25, 0.3) is 0 Å². The van der Waals surface area contributed by atoms with Gasteiger partial charge in [-0.1, -0.05) is 50.8 Å². The molecular weight excluding hydrogens is 450 g/mol. The number of thiophene rings is 1. The number of pyridine rings is 1. The molecule has 4 N–H and O–H groups in total. The van der Waals surface area contributed by atoms with Crippen LogP contribution in [0.3, 0.4) is 0 Å². The fourth-order valence-electron chi connectivity index (χ4n) is 3.72. The molecule has 4 rings (SSSR count). The van der Waals surface area contributed by atoms with Gasteiger partial charge in [-0.05, 0) is 56.0 Å². The number of H-pyrrole nitrogens is 2. The van der Waals surface area contributed by atoms with Gasteiger partial charge >= 0.3 is 0 Å². The van der Waals surface area contributed by atoms with Crippen molar-refractivity contribution in [1.29, 1.82) is 0 Å². The summed E-state index contributed by atoms with van der Waals surface area (Å²) in [6.07, 6.45) is 13.7. The molecule has 6 heteroatoms. The summed E-state index contributed by atoms with van der Waals surface area (Å²) in [6, 6.07) is 8.26. The molecule has 4 aromatic heterocycles. The summed E-state index contributed by atoms with van der Waals surface area (Å²) in [5.74, 6) is 0. The molecule has 0 aliphatic rings. The summed E-state index contributed by atoms with van der Waals surface area (Å²) in [4.78, 5) is 8.95. The van der Waals surface area contributed by atoms with Crippen molar-refractivity contribution in [2.45, 2.75) is 34.6 Å². The van der Waals surface area contributed by atoms with Crippen LogP contribution in [0.5, 0.6) is 0 Å². The summed E-state index contributed by atoms with van der Waals surface area (Å²) in [5, 5.41) is 11.8. The third kappa shape index (κ3) is 5.78. The van der Waals surface area contributed by atoms with E-state index in [-0.39, 0.29) is 0 Å². The van der Waals surface area contributed by atoms with Crippen molar-refractivity contribution in [3.8, 4) is 11.4 Å². The highest BCUT2D eigenvalue weighted by atomic mass is 32.1. The fourth-order valence-corrected chi connectivity index (χ4v) is 4.49. The SMILES string of the molecule is C=C(/C=c1/c(-c2cc(/C(=C\C=C/C)c3cccs3)c(C)[nH]2)n[nH]/c1=C/C)c1cncc(N)c1.CC. The number of aryl methyl sites for hydroxylation is 1. The van der Waals surface area contributed by atoms with Gasteiger partial charge in [0.1, 0.15) is 5.69 Å². The highest BCUT2D eigenvalue weighted by molar-refractivity contribution is 7.11. The normalized spacial score (nSPS) is 12.8. The molecule has 0 radical (unpaired) electrons. The first-order chi connectivity index (χ1) is 17.0. The van der Waals surface area contributed by atoms with Gasteiger partial charge < -0.3 is 10.7 Å². The first-order valence-corrected chi connectivity index (χ1v) is 12.6. The van der Waals surface area contributed by atoms with Crippen molar-refractivity contribution in [3.05, 3.63) is 99.1 Å². The predicted molar refractivity (Wildman–Crippen MR) is 152 cm³/mol. The van der Waals surface area contributed by atoms with Crippen molar-refractivity contribution in [2.24, 2.45) is 0 Å². The number of hydrogen-bond donors (Lipinski definition) is 3. The van der Waals surface area contributed by atoms with Crippen LogP contribution in [0.2, 0.25) is 0 Å². The number of aromatic nitrogens is 4. The maximum absolute atomic E-state index is 5.91. The van der Waals surface area contributed by atoms with Gasteiger partial charge in [-0.2, -0.15) is 5.10 Å². The Labute approximate surface area is 211 Å². The van der Waals surface area contributed by atoms with E-state index in [9.17, 15) is 0 Å². The van der Waals surface area contributed by atoms with E-state index in [0.29, 0.717) is 5.69 Å². The smallest absolute Gasteiger partial charge is 0.116 e. The second kappa shape index (κ2) is 12.0. The lowest BCUT2D eigenvalue weighted by atomic mass is 10.0. The lowest BCUT2D eigenvalue weighted by Crippen LogP contribution is -2.23. The average molecular weight is 484 g/mol. The standard InChI is InChI=1S/C27H27N5S.C2H6/c1-5-7-9-21(26-10-8-11-33-26)22-14-25(30-18(22)4)27-23(24(6-2)31-32-27)12-17(3)19-13-20(28)16-29-15-19;1-2/h5-16,30-31H,3,28H2,1-2,4H3;1-2H3/b7-5-,21-9+,23-12+,24-6+;. The minimum Gasteiger partial charge on any atom is -0.397 e. The molecule has 4 heterocycles. The lowest BCUT2D eigenvalue weighted by molar-refractivity contribution is 1.06. The number of nitrogen functional groups attached to an aromatic ring is 1. The van der Waals surface area contributed by atoms with E-state index >= 15 is 0 Å². The fraction of sp³-hybridized carbons (Fsp3) is 0.172. The summed E-state index contributed by atoms with van der Waals surface area (Å²) < 4.78 is 0. The molecule has 180 valence electrons. The zero-order valence-electron chi connectivity index (χ0n) is 21.0. The van der Waals surface area contributed by atoms with Gasteiger partial charge in [0.05, 0.1) is 16.7 Å². The highest BCUT2D eigenvalue weighted by Gasteiger charge is 2.15. The molecule has 0 spiro atoms. The Morgan fingerprint density at radius 2 is 1.97 bits per heavy atom. The molecule has 0 bridgehead atoms. The van der Waals surface area contributed by atoms with Gasteiger partial charge in [0.15, 0.2) is 0 Å². The van der Waals surface area contributed by atoms with E-state index in [1.165, 1.54) is 10.5 Å². The molecule has 4 aromatic rings. The van der Waals surface area contributed by atoms with Gasteiger partial charge in [0.2, 0.25) is 0 Å². The first-order valence-electron chi connectivity index (χ1n) is 11.7. The van der Waals surface area contributed by atoms with Crippen LogP contribution >= 0.6 is 11.3 Å². The molecule has 0 aliphatic carbocycles. The maximum atomic E-state index is 5.91. The quantitative estimate of drug-likeness (QED) is 0.291. The third-order valence-electron chi connectivity index (χ3n) is 5.37. The van der Waals surface area contributed by atoms with E-state index < -0.39 is 0 Å². The number of nitrogens with two attached hydrogens (primary N) is 1. The summed E-state index contributed by atoms with van der Waals surface area (Å²) in [7, 11) is 0. The molecular formula is C29H33N5S. The molecule has 5 nitrogen and oxygen atoms in total. The van der Waals surface area contributed by atoms with Gasteiger partial charge in [0, 0.05) is 44.9 Å². The zero-order valence-corrected chi connectivity index (χ0v) is 21.8. The van der Waals surface area contributed by atoms with Gasteiger partial charge in [-0.15, -0.1) is 11.3 Å². The zero-order chi connectivity index (χ0) is 25.4. The molecule has 0 fully saturated rings. The molecule has 0 atom stereocenters. The van der Waals surface area contributed by atoms with Crippen molar-refractivity contribution >= 4 is 40.3 Å². The van der Waals surface area contributed by atoms with Crippen molar-refractivity contribution in [2.75, 3.05) is 5.73 Å². The van der Waals surface area contributed by atoms with Crippen LogP contribution in [-0.2, 0) is 0 Å². The van der Waals surface area contributed by atoms with Gasteiger partial charge in [-0.3, -0.25) is 10.1 Å². The van der Waals surface area contributed by atoms with Crippen LogP contribution in [-0.4, -0.2) is 20.2 Å². The van der Waals surface area contributed by atoms with Crippen molar-refractivity contribution in [3.63, 3.8) is 0 Å². The Balaban J connectivity index is 0.00000167. The number of hydrogen-bond acceptors (Lipinski definition) is 4. The largest absolute Gasteiger partial charge is 0.397 e. The number of allylic oxidation sites excluding steroid dienone is 4. The maximum Gasteiger partial charge on any atom is 0.116 e. The van der Waals surface area contributed by atoms with Crippen LogP contribution in [0.25, 0.3) is 34.7 Å². The summed E-state index contributed by atoms with van der Waals surface area (Å²) >= 11 is 1.73. The topological polar surface area (TPSA) is 83.4 Å². The monoisotopic (exact) mass is 483 g/mol. The Bertz CT molecular complexity index is 1460. The Morgan fingerprint density at radius 1 is 1.17 bits per heavy atom. The highest BCUT2D eigenvalue weighted by Crippen LogP contribution is 2.32. The molecule has 0 saturated carbocycles. The minimum absolute atomic E-state index is 0.607. The summed E-state index contributed by atoms with van der Waals surface area (Å²) in [5.41, 5.74) is 13.4. The second-order valence-corrected chi connectivity index (χ2v) is 8.62. The van der Waals surface area contributed by atoms with E-state index in [4.69, 9.17) is 5.73 Å². The second-order valence-electron chi connectivity index (χ2n) is 7.67. The number of aromatic amines is 2. The van der Waals surface area contributed by atoms with Crippen LogP contribution in [0.1, 0.15) is 49.4 Å². The third-order valence-corrected chi connectivity index (χ3v) is 6.28. The van der Waals surface area contributed by atoms with E-state index in [1.807, 2.05) is 52.0 Å². The average Bonchev–Trinajstić information content (AvgIpc) is 3.62. The molecule has 0 amide bonds. The van der Waals surface area contributed by atoms with E-state index in [0.717, 1.165) is 44.3 Å². The minimum atomic E-state index is 0.607. The van der Waals surface area contributed by atoms with Gasteiger partial charge in [-0.25, -0.2) is 0 Å². The molecule has 35 heavy (non-hydrogen) atoms.